The SMILES string of the molecule is COCC(NC(C)C)C(=O)N1CCOCC1. The largest absolute Gasteiger partial charge is 0.383 e. The first-order chi connectivity index (χ1) is 7.65. The van der Waals surface area contributed by atoms with Crippen molar-refractivity contribution in [2.75, 3.05) is 40.0 Å². The van der Waals surface area contributed by atoms with Crippen LogP contribution in [0.2, 0.25) is 0 Å². The molecule has 0 radical (unpaired) electrons. The lowest BCUT2D eigenvalue weighted by atomic mass is 10.2. The molecule has 16 heavy (non-hydrogen) atoms. The Morgan fingerprint density at radius 3 is 2.56 bits per heavy atom. The Morgan fingerprint density at radius 1 is 1.44 bits per heavy atom. The van der Waals surface area contributed by atoms with E-state index in [1.165, 1.54) is 0 Å². The van der Waals surface area contributed by atoms with Gasteiger partial charge in [-0.2, -0.15) is 0 Å². The quantitative estimate of drug-likeness (QED) is 0.714. The summed E-state index contributed by atoms with van der Waals surface area (Å²) in [7, 11) is 1.61. The highest BCUT2D eigenvalue weighted by Gasteiger charge is 2.25. The van der Waals surface area contributed by atoms with Gasteiger partial charge in [0.15, 0.2) is 0 Å². The molecule has 5 heteroatoms. The molecule has 94 valence electrons. The smallest absolute Gasteiger partial charge is 0.242 e. The lowest BCUT2D eigenvalue weighted by Gasteiger charge is -2.31. The van der Waals surface area contributed by atoms with Gasteiger partial charge in [0.05, 0.1) is 19.8 Å². The number of rotatable bonds is 5. The molecule has 0 aromatic heterocycles. The number of nitrogens with one attached hydrogen (secondary N) is 1. The highest BCUT2D eigenvalue weighted by Crippen LogP contribution is 2.02. The fraction of sp³-hybridized carbons (Fsp3) is 0.909. The first kappa shape index (κ1) is 13.4. The van der Waals surface area contributed by atoms with Gasteiger partial charge >= 0.3 is 0 Å². The number of hydrogen-bond acceptors (Lipinski definition) is 4. The number of carbonyl (C=O) groups is 1. The van der Waals surface area contributed by atoms with Gasteiger partial charge < -0.3 is 19.7 Å². The van der Waals surface area contributed by atoms with E-state index >= 15 is 0 Å². The molecule has 0 bridgehead atoms. The molecule has 1 fully saturated rings. The van der Waals surface area contributed by atoms with E-state index in [-0.39, 0.29) is 18.0 Å². The second-order valence-corrected chi connectivity index (χ2v) is 4.27. The zero-order chi connectivity index (χ0) is 12.0. The molecular weight excluding hydrogens is 208 g/mol. The molecule has 0 aromatic rings. The average molecular weight is 230 g/mol. The van der Waals surface area contributed by atoms with Gasteiger partial charge in [-0.05, 0) is 0 Å². The van der Waals surface area contributed by atoms with Crippen molar-refractivity contribution in [1.82, 2.24) is 10.2 Å². The van der Waals surface area contributed by atoms with Gasteiger partial charge in [-0.1, -0.05) is 13.8 Å². The highest BCUT2D eigenvalue weighted by atomic mass is 16.5. The molecule has 1 amide bonds. The Morgan fingerprint density at radius 2 is 2.06 bits per heavy atom. The van der Waals surface area contributed by atoms with E-state index in [2.05, 4.69) is 5.32 Å². The van der Waals surface area contributed by atoms with Crippen molar-refractivity contribution < 1.29 is 14.3 Å². The fourth-order valence-electron chi connectivity index (χ4n) is 1.76. The van der Waals surface area contributed by atoms with E-state index in [1.54, 1.807) is 7.11 Å². The second kappa shape index (κ2) is 6.83. The lowest BCUT2D eigenvalue weighted by molar-refractivity contribution is -0.139. The van der Waals surface area contributed by atoms with Gasteiger partial charge in [-0.3, -0.25) is 4.79 Å². The summed E-state index contributed by atoms with van der Waals surface area (Å²) in [4.78, 5) is 14.0. The van der Waals surface area contributed by atoms with Crippen molar-refractivity contribution in [1.29, 1.82) is 0 Å². The van der Waals surface area contributed by atoms with Crippen LogP contribution in [0, 0.1) is 0 Å². The number of amides is 1. The molecular formula is C11H22N2O3. The van der Waals surface area contributed by atoms with Crippen LogP contribution in [0.3, 0.4) is 0 Å². The molecule has 1 N–H and O–H groups in total. The summed E-state index contributed by atoms with van der Waals surface area (Å²) in [5.41, 5.74) is 0. The maximum absolute atomic E-state index is 12.2. The molecule has 1 rings (SSSR count). The molecule has 0 spiro atoms. The standard InChI is InChI=1S/C11H22N2O3/c1-9(2)12-10(8-15-3)11(14)13-4-6-16-7-5-13/h9-10,12H,4-8H2,1-3H3. The van der Waals surface area contributed by atoms with Crippen LogP contribution >= 0.6 is 0 Å². The molecule has 1 aliphatic rings. The summed E-state index contributed by atoms with van der Waals surface area (Å²) in [5, 5.41) is 3.22. The Labute approximate surface area is 97.1 Å². The lowest BCUT2D eigenvalue weighted by Crippen LogP contribution is -2.53. The van der Waals surface area contributed by atoms with E-state index < -0.39 is 0 Å². The van der Waals surface area contributed by atoms with E-state index in [0.29, 0.717) is 32.9 Å². The van der Waals surface area contributed by atoms with E-state index in [0.717, 1.165) is 0 Å². The van der Waals surface area contributed by atoms with Crippen LogP contribution in [0.25, 0.3) is 0 Å². The molecule has 1 unspecified atom stereocenters. The third kappa shape index (κ3) is 4.08. The topological polar surface area (TPSA) is 50.8 Å². The summed E-state index contributed by atoms with van der Waals surface area (Å²) in [6.45, 7) is 7.08. The molecule has 0 aromatic carbocycles. The van der Waals surface area contributed by atoms with Crippen molar-refractivity contribution in [2.45, 2.75) is 25.9 Å². The van der Waals surface area contributed by atoms with Crippen LogP contribution in [-0.4, -0.2) is 62.9 Å². The predicted octanol–water partition coefficient (Wildman–Crippen LogP) is -0.142. The second-order valence-electron chi connectivity index (χ2n) is 4.27. The maximum Gasteiger partial charge on any atom is 0.242 e. The Hall–Kier alpha value is -0.650. The van der Waals surface area contributed by atoms with Gasteiger partial charge in [-0.15, -0.1) is 0 Å². The summed E-state index contributed by atoms with van der Waals surface area (Å²) in [6.07, 6.45) is 0. The van der Waals surface area contributed by atoms with Crippen LogP contribution in [0.5, 0.6) is 0 Å². The van der Waals surface area contributed by atoms with Crippen molar-refractivity contribution in [2.24, 2.45) is 0 Å². The number of methoxy groups -OCH3 is 1. The van der Waals surface area contributed by atoms with Gasteiger partial charge in [0.25, 0.3) is 0 Å². The molecule has 0 aliphatic carbocycles. The van der Waals surface area contributed by atoms with Gasteiger partial charge in [0, 0.05) is 26.2 Å². The summed E-state index contributed by atoms with van der Waals surface area (Å²) < 4.78 is 10.3. The predicted molar refractivity (Wildman–Crippen MR) is 61.3 cm³/mol. The van der Waals surface area contributed by atoms with Gasteiger partial charge in [-0.25, -0.2) is 0 Å². The molecule has 1 heterocycles. The molecule has 0 saturated carbocycles. The van der Waals surface area contributed by atoms with Crippen molar-refractivity contribution >= 4 is 5.91 Å². The van der Waals surface area contributed by atoms with E-state index in [1.807, 2.05) is 18.7 Å². The monoisotopic (exact) mass is 230 g/mol. The summed E-state index contributed by atoms with van der Waals surface area (Å²) >= 11 is 0. The van der Waals surface area contributed by atoms with E-state index in [9.17, 15) is 4.79 Å². The first-order valence-corrected chi connectivity index (χ1v) is 5.76. The fourth-order valence-corrected chi connectivity index (χ4v) is 1.76. The number of nitrogens with zero attached hydrogens (tertiary/aromatic N) is 1. The number of morpholine rings is 1. The Kier molecular flexibility index (Phi) is 5.73. The highest BCUT2D eigenvalue weighted by molar-refractivity contribution is 5.82. The van der Waals surface area contributed by atoms with Gasteiger partial charge in [0.1, 0.15) is 6.04 Å². The zero-order valence-electron chi connectivity index (χ0n) is 10.4. The molecule has 1 aliphatic heterocycles. The van der Waals surface area contributed by atoms with Crippen LogP contribution in [0.4, 0.5) is 0 Å². The Bertz CT molecular complexity index is 215. The zero-order valence-corrected chi connectivity index (χ0v) is 10.4. The minimum atomic E-state index is -0.247. The van der Waals surface area contributed by atoms with Crippen molar-refractivity contribution in [3.05, 3.63) is 0 Å². The maximum atomic E-state index is 12.2. The first-order valence-electron chi connectivity index (χ1n) is 5.76. The molecule has 5 nitrogen and oxygen atoms in total. The van der Waals surface area contributed by atoms with Crippen LogP contribution in [0.15, 0.2) is 0 Å². The normalized spacial score (nSPS) is 18.9. The van der Waals surface area contributed by atoms with Gasteiger partial charge in [0.2, 0.25) is 5.91 Å². The van der Waals surface area contributed by atoms with Crippen LogP contribution in [0.1, 0.15) is 13.8 Å². The summed E-state index contributed by atoms with van der Waals surface area (Å²) in [5.74, 6) is 0.110. The number of ether oxygens (including phenoxy) is 2. The van der Waals surface area contributed by atoms with Crippen molar-refractivity contribution in [3.63, 3.8) is 0 Å². The Balaban J connectivity index is 2.50. The summed E-state index contributed by atoms with van der Waals surface area (Å²) in [6, 6.07) is 0.0215. The minimum absolute atomic E-state index is 0.110. The van der Waals surface area contributed by atoms with Crippen molar-refractivity contribution in [3.8, 4) is 0 Å². The number of hydrogen-bond donors (Lipinski definition) is 1. The average Bonchev–Trinajstić information content (AvgIpc) is 2.28. The third-order valence-corrected chi connectivity index (χ3v) is 2.49. The molecule has 1 atom stereocenters. The van der Waals surface area contributed by atoms with Crippen LogP contribution < -0.4 is 5.32 Å². The van der Waals surface area contributed by atoms with E-state index in [4.69, 9.17) is 9.47 Å². The molecule has 1 saturated heterocycles. The number of carbonyl (C=O) groups excluding carboxylic acids is 1. The minimum Gasteiger partial charge on any atom is -0.383 e. The van der Waals surface area contributed by atoms with Crippen LogP contribution in [-0.2, 0) is 14.3 Å². The third-order valence-electron chi connectivity index (χ3n) is 2.49.